The van der Waals surface area contributed by atoms with Crippen molar-refractivity contribution in [3.8, 4) is 0 Å². The molecule has 23 heavy (non-hydrogen) atoms. The minimum atomic E-state index is -5.30. The van der Waals surface area contributed by atoms with Gasteiger partial charge in [-0.25, -0.2) is 17.1 Å². The summed E-state index contributed by atoms with van der Waals surface area (Å²) in [5.74, 6) is -0.317. The Labute approximate surface area is 140 Å². The standard InChI is InChI=1S/C17H31F3O2Si/c1-16(2)17(21)22-14-12-10-8-6-4-3-5-7-9-11-13-15-23(18,19)20/h1,3-15H2,2H3. The summed E-state index contributed by atoms with van der Waals surface area (Å²) in [4.78, 5) is 11.1. The van der Waals surface area contributed by atoms with Crippen molar-refractivity contribution in [2.75, 3.05) is 6.61 Å². The van der Waals surface area contributed by atoms with Crippen LogP contribution in [0.15, 0.2) is 12.2 Å². The second kappa shape index (κ2) is 13.6. The van der Waals surface area contributed by atoms with Gasteiger partial charge in [0.05, 0.1) is 6.61 Å². The molecule has 0 aliphatic rings. The van der Waals surface area contributed by atoms with E-state index in [0.29, 0.717) is 18.6 Å². The number of rotatable bonds is 15. The fourth-order valence-corrected chi connectivity index (χ4v) is 2.96. The number of carbonyl (C=O) groups excluding carboxylic acids is 1. The van der Waals surface area contributed by atoms with Crippen molar-refractivity contribution in [1.82, 2.24) is 0 Å². The van der Waals surface area contributed by atoms with E-state index >= 15 is 0 Å². The first kappa shape index (κ1) is 22.2. The van der Waals surface area contributed by atoms with Crippen molar-refractivity contribution in [3.05, 3.63) is 12.2 Å². The molecule has 0 amide bonds. The molecule has 0 aromatic rings. The van der Waals surface area contributed by atoms with Gasteiger partial charge in [0.2, 0.25) is 0 Å². The van der Waals surface area contributed by atoms with Crippen molar-refractivity contribution in [2.45, 2.75) is 83.6 Å². The second-order valence-corrected chi connectivity index (χ2v) is 7.90. The lowest BCUT2D eigenvalue weighted by Crippen LogP contribution is -2.13. The van der Waals surface area contributed by atoms with Gasteiger partial charge in [-0.05, 0) is 19.8 Å². The maximum atomic E-state index is 12.1. The predicted octanol–water partition coefficient (Wildman–Crippen LogP) is 6.24. The first-order valence-electron chi connectivity index (χ1n) is 8.72. The molecule has 0 bridgehead atoms. The highest BCUT2D eigenvalue weighted by Gasteiger charge is 2.35. The van der Waals surface area contributed by atoms with Crippen molar-refractivity contribution in [1.29, 1.82) is 0 Å². The van der Waals surface area contributed by atoms with Crippen molar-refractivity contribution < 1.29 is 21.9 Å². The monoisotopic (exact) mass is 352 g/mol. The van der Waals surface area contributed by atoms with Gasteiger partial charge >= 0.3 is 15.0 Å². The third-order valence-electron chi connectivity index (χ3n) is 3.69. The molecule has 0 rings (SSSR count). The summed E-state index contributed by atoms with van der Waals surface area (Å²) in [5, 5.41) is 0. The molecule has 0 atom stereocenters. The first-order chi connectivity index (χ1) is 10.8. The van der Waals surface area contributed by atoms with Gasteiger partial charge in [-0.2, -0.15) is 0 Å². The van der Waals surface area contributed by atoms with Crippen LogP contribution >= 0.6 is 0 Å². The number of halogens is 3. The van der Waals surface area contributed by atoms with E-state index in [1.807, 2.05) is 0 Å². The van der Waals surface area contributed by atoms with Crippen molar-refractivity contribution in [2.24, 2.45) is 0 Å². The number of ether oxygens (including phenoxy) is 1. The number of unbranched alkanes of at least 4 members (excludes halogenated alkanes) is 10. The lowest BCUT2D eigenvalue weighted by atomic mass is 10.1. The lowest BCUT2D eigenvalue weighted by molar-refractivity contribution is -0.139. The highest BCUT2D eigenvalue weighted by molar-refractivity contribution is 6.58. The lowest BCUT2D eigenvalue weighted by Gasteiger charge is -2.05. The maximum absolute atomic E-state index is 12.1. The van der Waals surface area contributed by atoms with Gasteiger partial charge in [-0.1, -0.05) is 64.4 Å². The van der Waals surface area contributed by atoms with E-state index in [-0.39, 0.29) is 5.97 Å². The molecule has 0 radical (unpaired) electrons. The van der Waals surface area contributed by atoms with Crippen molar-refractivity contribution >= 4 is 15.0 Å². The second-order valence-electron chi connectivity index (χ2n) is 6.17. The van der Waals surface area contributed by atoms with Crippen LogP contribution in [0.5, 0.6) is 0 Å². The fraction of sp³-hybridized carbons (Fsp3) is 0.824. The van der Waals surface area contributed by atoms with Crippen LogP contribution in [0.3, 0.4) is 0 Å². The molecule has 0 heterocycles. The molecule has 2 nitrogen and oxygen atoms in total. The van der Waals surface area contributed by atoms with E-state index in [9.17, 15) is 17.1 Å². The number of hydrogen-bond donors (Lipinski definition) is 0. The van der Waals surface area contributed by atoms with E-state index in [1.54, 1.807) is 6.92 Å². The third-order valence-corrected chi connectivity index (χ3v) is 4.61. The Balaban J connectivity index is 3.14. The molecule has 0 aliphatic heterocycles. The highest BCUT2D eigenvalue weighted by atomic mass is 28.5. The van der Waals surface area contributed by atoms with Gasteiger partial charge in [0.1, 0.15) is 0 Å². The Bertz CT molecular complexity index is 330. The quantitative estimate of drug-likeness (QED) is 0.115. The van der Waals surface area contributed by atoms with Gasteiger partial charge in [0.15, 0.2) is 0 Å². The van der Waals surface area contributed by atoms with E-state index in [1.165, 1.54) is 19.3 Å². The normalized spacial score (nSPS) is 11.5. The number of carbonyl (C=O) groups is 1. The molecule has 0 spiro atoms. The van der Waals surface area contributed by atoms with E-state index in [2.05, 4.69) is 6.58 Å². The zero-order valence-corrected chi connectivity index (χ0v) is 15.3. The van der Waals surface area contributed by atoms with Gasteiger partial charge in [0, 0.05) is 11.6 Å². The van der Waals surface area contributed by atoms with Crippen LogP contribution in [-0.4, -0.2) is 21.7 Å². The van der Waals surface area contributed by atoms with Crippen LogP contribution in [0.1, 0.15) is 77.6 Å². The van der Waals surface area contributed by atoms with Crippen LogP contribution in [0.4, 0.5) is 12.3 Å². The minimum absolute atomic E-state index is 0.317. The minimum Gasteiger partial charge on any atom is -0.462 e. The Morgan fingerprint density at radius 3 is 1.61 bits per heavy atom. The van der Waals surface area contributed by atoms with Crippen molar-refractivity contribution in [3.63, 3.8) is 0 Å². The van der Waals surface area contributed by atoms with Crippen LogP contribution in [0.2, 0.25) is 6.04 Å². The van der Waals surface area contributed by atoms with Gasteiger partial charge in [0.25, 0.3) is 0 Å². The molecule has 0 unspecified atom stereocenters. The molecule has 0 fully saturated rings. The van der Waals surface area contributed by atoms with Crippen LogP contribution in [0, 0.1) is 0 Å². The zero-order chi connectivity index (χ0) is 17.6. The van der Waals surface area contributed by atoms with Gasteiger partial charge in [-0.15, -0.1) is 0 Å². The molecule has 0 saturated carbocycles. The average molecular weight is 353 g/mol. The number of hydrogen-bond acceptors (Lipinski definition) is 2. The Morgan fingerprint density at radius 2 is 1.22 bits per heavy atom. The van der Waals surface area contributed by atoms with Crippen LogP contribution in [-0.2, 0) is 9.53 Å². The third kappa shape index (κ3) is 17.4. The van der Waals surface area contributed by atoms with Gasteiger partial charge < -0.3 is 4.74 Å². The van der Waals surface area contributed by atoms with Crippen LogP contribution in [0.25, 0.3) is 0 Å². The smallest absolute Gasteiger partial charge is 0.462 e. The maximum Gasteiger partial charge on any atom is 0.616 e. The molecule has 0 aliphatic carbocycles. The molecule has 0 N–H and O–H groups in total. The Kier molecular flexibility index (Phi) is 13.2. The average Bonchev–Trinajstić information content (AvgIpc) is 2.46. The summed E-state index contributed by atoms with van der Waals surface area (Å²) in [6.07, 6.45) is 10.8. The summed E-state index contributed by atoms with van der Waals surface area (Å²) >= 11 is 0. The summed E-state index contributed by atoms with van der Waals surface area (Å²) < 4.78 is 41.2. The summed E-state index contributed by atoms with van der Waals surface area (Å²) in [5.41, 5.74) is 0.436. The Morgan fingerprint density at radius 1 is 0.826 bits per heavy atom. The largest absolute Gasteiger partial charge is 0.616 e. The molecule has 6 heteroatoms. The SMILES string of the molecule is C=C(C)C(=O)OCCCCCCCCCCCCC[Si](F)(F)F. The molecular weight excluding hydrogens is 321 g/mol. The van der Waals surface area contributed by atoms with Crippen LogP contribution < -0.4 is 0 Å². The topological polar surface area (TPSA) is 26.3 Å². The molecule has 0 aromatic carbocycles. The first-order valence-corrected chi connectivity index (χ1v) is 10.6. The summed E-state index contributed by atoms with van der Waals surface area (Å²) in [6.45, 7) is 5.63. The number of esters is 1. The fourth-order valence-electron chi connectivity index (χ4n) is 2.31. The summed E-state index contributed by atoms with van der Waals surface area (Å²) in [6, 6.07) is -0.505. The van der Waals surface area contributed by atoms with E-state index in [4.69, 9.17) is 4.74 Å². The van der Waals surface area contributed by atoms with Gasteiger partial charge in [-0.3, -0.25) is 0 Å². The van der Waals surface area contributed by atoms with E-state index < -0.39 is 15.1 Å². The zero-order valence-electron chi connectivity index (χ0n) is 14.3. The molecule has 0 aromatic heterocycles. The highest BCUT2D eigenvalue weighted by Crippen LogP contribution is 2.19. The molecular formula is C17H31F3O2Si. The summed E-state index contributed by atoms with van der Waals surface area (Å²) in [7, 11) is -5.30. The Hall–Kier alpha value is -0.783. The predicted molar refractivity (Wildman–Crippen MR) is 90.4 cm³/mol. The van der Waals surface area contributed by atoms with E-state index in [0.717, 1.165) is 44.9 Å². The molecule has 136 valence electrons. The molecule has 0 saturated heterocycles.